The third-order valence-electron chi connectivity index (χ3n) is 4.92. The van der Waals surface area contributed by atoms with Gasteiger partial charge in [-0.3, -0.25) is 5.32 Å². The van der Waals surface area contributed by atoms with Crippen LogP contribution >= 0.6 is 0 Å². The summed E-state index contributed by atoms with van der Waals surface area (Å²) in [6, 6.07) is 16.8. The average molecular weight is 469 g/mol. The van der Waals surface area contributed by atoms with Gasteiger partial charge in [0, 0.05) is 23.2 Å². The Hall–Kier alpha value is -3.19. The second-order valence-corrected chi connectivity index (χ2v) is 9.05. The van der Waals surface area contributed by atoms with Gasteiger partial charge in [-0.1, -0.05) is 43.7 Å². The lowest BCUT2D eigenvalue weighted by Gasteiger charge is -2.19. The van der Waals surface area contributed by atoms with Crippen LogP contribution in [0.25, 0.3) is 22.2 Å². The van der Waals surface area contributed by atoms with Gasteiger partial charge in [0.05, 0.1) is 12.3 Å². The minimum Gasteiger partial charge on any atom is -0.483 e. The normalized spacial score (nSPS) is 12.4. The number of fused-ring (bicyclic) bond motifs is 1. The van der Waals surface area contributed by atoms with E-state index in [0.29, 0.717) is 23.6 Å². The van der Waals surface area contributed by atoms with E-state index < -0.39 is 24.5 Å². The van der Waals surface area contributed by atoms with Crippen LogP contribution in [0.3, 0.4) is 0 Å². The van der Waals surface area contributed by atoms with E-state index in [1.807, 2.05) is 57.2 Å². The summed E-state index contributed by atoms with van der Waals surface area (Å²) >= 11 is 0. The van der Waals surface area contributed by atoms with Crippen LogP contribution in [0, 0.1) is 0 Å². The molecule has 2 aromatic carbocycles. The van der Waals surface area contributed by atoms with E-state index in [-0.39, 0.29) is 6.61 Å². The number of nitrogens with zero attached hydrogens (tertiary/aromatic N) is 1. The molecule has 0 aliphatic rings. The van der Waals surface area contributed by atoms with Crippen molar-refractivity contribution in [2.45, 2.75) is 52.2 Å². The van der Waals surface area contributed by atoms with Crippen molar-refractivity contribution in [2.24, 2.45) is 0 Å². The smallest absolute Gasteiger partial charge is 0.412 e. The van der Waals surface area contributed by atoms with Gasteiger partial charge in [0.2, 0.25) is 0 Å². The quantitative estimate of drug-likeness (QED) is 0.332. The van der Waals surface area contributed by atoms with Crippen molar-refractivity contribution < 1.29 is 23.4 Å². The third kappa shape index (κ3) is 7.42. The minimum absolute atomic E-state index is 0.193. The maximum absolute atomic E-state index is 13.6. The molecule has 1 amide bonds. The molecule has 0 saturated carbocycles. The van der Waals surface area contributed by atoms with Crippen LogP contribution in [0.4, 0.5) is 14.9 Å². The van der Waals surface area contributed by atoms with Crippen LogP contribution in [0.15, 0.2) is 54.6 Å². The van der Waals surface area contributed by atoms with Crippen molar-refractivity contribution in [3.8, 4) is 17.0 Å². The standard InChI is InChI=1S/C27H33FN2O4/c1-5-6-16-32-18-22(17-28)33-24-9-7-8-20-12-15-23(30-25(20)24)19-10-13-21(14-11-19)29-26(31)34-27(2,3)4/h7-15,22H,5-6,16-18H2,1-4H3,(H,29,31). The maximum atomic E-state index is 13.6. The number of nitrogens with one attached hydrogen (secondary N) is 1. The summed E-state index contributed by atoms with van der Waals surface area (Å²) in [5.74, 6) is 0.518. The molecule has 1 unspecified atom stereocenters. The molecule has 3 rings (SSSR count). The Morgan fingerprint density at radius 1 is 1.09 bits per heavy atom. The molecule has 0 aliphatic heterocycles. The van der Waals surface area contributed by atoms with Gasteiger partial charge in [-0.2, -0.15) is 0 Å². The molecule has 7 heteroatoms. The van der Waals surface area contributed by atoms with Gasteiger partial charge in [-0.25, -0.2) is 14.2 Å². The second-order valence-electron chi connectivity index (χ2n) is 9.05. The Bertz CT molecular complexity index is 1080. The van der Waals surface area contributed by atoms with E-state index in [0.717, 1.165) is 29.5 Å². The second kappa shape index (κ2) is 11.8. The minimum atomic E-state index is -0.689. The number of benzene rings is 2. The number of halogens is 1. The summed E-state index contributed by atoms with van der Waals surface area (Å²) in [5, 5.41) is 3.62. The molecule has 6 nitrogen and oxygen atoms in total. The number of carbonyl (C=O) groups is 1. The Morgan fingerprint density at radius 3 is 2.53 bits per heavy atom. The van der Waals surface area contributed by atoms with Gasteiger partial charge in [0.1, 0.15) is 23.5 Å². The lowest BCUT2D eigenvalue weighted by molar-refractivity contribution is 0.0373. The van der Waals surface area contributed by atoms with E-state index in [2.05, 4.69) is 12.2 Å². The van der Waals surface area contributed by atoms with Crippen molar-refractivity contribution in [2.75, 3.05) is 25.2 Å². The van der Waals surface area contributed by atoms with Gasteiger partial charge in [-0.15, -0.1) is 0 Å². The summed E-state index contributed by atoms with van der Waals surface area (Å²) in [4.78, 5) is 16.8. The molecule has 3 aromatic rings. The van der Waals surface area contributed by atoms with Crippen LogP contribution < -0.4 is 10.1 Å². The molecule has 0 saturated heterocycles. The van der Waals surface area contributed by atoms with Crippen LogP contribution in [0.2, 0.25) is 0 Å². The summed E-state index contributed by atoms with van der Waals surface area (Å²) in [7, 11) is 0. The molecule has 0 bridgehead atoms. The molecule has 0 fully saturated rings. The van der Waals surface area contributed by atoms with Gasteiger partial charge in [0.15, 0.2) is 6.10 Å². The van der Waals surface area contributed by atoms with Crippen molar-refractivity contribution in [1.82, 2.24) is 4.98 Å². The fourth-order valence-electron chi connectivity index (χ4n) is 3.27. The predicted octanol–water partition coefficient (Wildman–Crippen LogP) is 6.78. The number of carbonyl (C=O) groups excluding carboxylic acids is 1. The number of rotatable bonds is 10. The van der Waals surface area contributed by atoms with Crippen LogP contribution in [0.1, 0.15) is 40.5 Å². The average Bonchev–Trinajstić information content (AvgIpc) is 2.80. The molecule has 1 N–H and O–H groups in total. The lowest BCUT2D eigenvalue weighted by atomic mass is 10.1. The molecule has 182 valence electrons. The molecule has 0 radical (unpaired) electrons. The van der Waals surface area contributed by atoms with Crippen molar-refractivity contribution >= 4 is 22.7 Å². The number of alkyl halides is 1. The molecule has 0 spiro atoms. The number of pyridine rings is 1. The van der Waals surface area contributed by atoms with Gasteiger partial charge < -0.3 is 14.2 Å². The Morgan fingerprint density at radius 2 is 1.85 bits per heavy atom. The van der Waals surface area contributed by atoms with Crippen LogP contribution in [-0.2, 0) is 9.47 Å². The number of hydrogen-bond acceptors (Lipinski definition) is 5. The summed E-state index contributed by atoms with van der Waals surface area (Å²) in [5.41, 5.74) is 2.32. The monoisotopic (exact) mass is 468 g/mol. The largest absolute Gasteiger partial charge is 0.483 e. The molecule has 1 atom stereocenters. The summed E-state index contributed by atoms with van der Waals surface area (Å²) < 4.78 is 30.3. The maximum Gasteiger partial charge on any atom is 0.412 e. The number of ether oxygens (including phenoxy) is 3. The van der Waals surface area contributed by atoms with E-state index in [4.69, 9.17) is 19.2 Å². The molecular formula is C27H33FN2O4. The van der Waals surface area contributed by atoms with E-state index in [1.165, 1.54) is 0 Å². The van der Waals surface area contributed by atoms with Crippen LogP contribution in [-0.4, -0.2) is 42.7 Å². The molecule has 0 aliphatic carbocycles. The molecule has 1 heterocycles. The highest BCUT2D eigenvalue weighted by Gasteiger charge is 2.17. The summed E-state index contributed by atoms with van der Waals surface area (Å²) in [6.07, 6.45) is 0.762. The lowest BCUT2D eigenvalue weighted by Crippen LogP contribution is -2.27. The zero-order valence-corrected chi connectivity index (χ0v) is 20.3. The highest BCUT2D eigenvalue weighted by Crippen LogP contribution is 2.29. The number of anilines is 1. The number of unbranched alkanes of at least 4 members (excludes halogenated alkanes) is 1. The first kappa shape index (κ1) is 25.4. The number of amides is 1. The third-order valence-corrected chi connectivity index (χ3v) is 4.92. The Labute approximate surface area is 200 Å². The first-order valence-corrected chi connectivity index (χ1v) is 11.6. The first-order chi connectivity index (χ1) is 16.3. The van der Waals surface area contributed by atoms with E-state index in [9.17, 15) is 9.18 Å². The first-order valence-electron chi connectivity index (χ1n) is 11.6. The van der Waals surface area contributed by atoms with Crippen molar-refractivity contribution in [1.29, 1.82) is 0 Å². The fraction of sp³-hybridized carbons (Fsp3) is 0.407. The van der Waals surface area contributed by atoms with Gasteiger partial charge in [0.25, 0.3) is 0 Å². The van der Waals surface area contributed by atoms with Gasteiger partial charge >= 0.3 is 6.09 Å². The van der Waals surface area contributed by atoms with Gasteiger partial charge in [-0.05, 0) is 51.5 Å². The Kier molecular flexibility index (Phi) is 8.82. The molecule has 1 aromatic heterocycles. The molecule has 34 heavy (non-hydrogen) atoms. The highest BCUT2D eigenvalue weighted by molar-refractivity contribution is 5.87. The number of aromatic nitrogens is 1. The van der Waals surface area contributed by atoms with Crippen molar-refractivity contribution in [3.63, 3.8) is 0 Å². The van der Waals surface area contributed by atoms with E-state index >= 15 is 0 Å². The highest BCUT2D eigenvalue weighted by atomic mass is 19.1. The Balaban J connectivity index is 1.76. The number of para-hydroxylation sites is 1. The molecular weight excluding hydrogens is 435 g/mol. The fourth-order valence-corrected chi connectivity index (χ4v) is 3.27. The predicted molar refractivity (Wildman–Crippen MR) is 133 cm³/mol. The van der Waals surface area contributed by atoms with E-state index in [1.54, 1.807) is 18.2 Å². The van der Waals surface area contributed by atoms with Crippen molar-refractivity contribution in [3.05, 3.63) is 54.6 Å². The SMILES string of the molecule is CCCCOCC(CF)Oc1cccc2ccc(-c3ccc(NC(=O)OC(C)(C)C)cc3)nc12. The summed E-state index contributed by atoms with van der Waals surface area (Å²) in [6.45, 7) is 7.66. The zero-order chi connectivity index (χ0) is 24.6. The van der Waals surface area contributed by atoms with Crippen LogP contribution in [0.5, 0.6) is 5.75 Å². The number of hydrogen-bond donors (Lipinski definition) is 1. The topological polar surface area (TPSA) is 69.7 Å². The zero-order valence-electron chi connectivity index (χ0n) is 20.3.